The lowest BCUT2D eigenvalue weighted by atomic mass is 9.68. The number of ether oxygens (including phenoxy) is 3. The summed E-state index contributed by atoms with van der Waals surface area (Å²) in [7, 11) is 1.58. The van der Waals surface area contributed by atoms with Crippen LogP contribution < -0.4 is 20.4 Å². The monoisotopic (exact) mass is 724 g/mol. The van der Waals surface area contributed by atoms with E-state index in [1.807, 2.05) is 25.1 Å². The molecule has 3 amide bonds. The van der Waals surface area contributed by atoms with Gasteiger partial charge in [0.25, 0.3) is 0 Å². The summed E-state index contributed by atoms with van der Waals surface area (Å²) in [5.74, 6) is 1.36. The molecule has 0 radical (unpaired) electrons. The minimum atomic E-state index is -1.83. The Bertz CT molecular complexity index is 1750. The molecule has 0 saturated heterocycles. The SMILES string of the molecule is COCC1C[C@@H]1NC(=O)N/[N+]1=[S-](=O)\C[C@@H](C)C/C=C/[C@H](OC)[C@@H]2CC[C@H]2CN2C[C@@]3(CCCc4cc(Cl)ccc43)COc3ccc(cc32)C1=O. The molecule has 5 aliphatic rings. The zero-order valence-electron chi connectivity index (χ0n) is 29.2. The molecule has 3 aliphatic carbocycles. The summed E-state index contributed by atoms with van der Waals surface area (Å²) in [6.45, 7) is 4.57. The largest absolute Gasteiger partial charge is 0.490 e. The second kappa shape index (κ2) is 14.9. The molecule has 12 heteroatoms. The molecule has 50 heavy (non-hydrogen) atoms. The van der Waals surface area contributed by atoms with Crippen molar-refractivity contribution >= 4 is 39.8 Å². The molecule has 1 spiro atoms. The van der Waals surface area contributed by atoms with Gasteiger partial charge in [-0.2, -0.15) is 0 Å². The second-order valence-corrected chi connectivity index (χ2v) is 16.8. The highest BCUT2D eigenvalue weighted by atomic mass is 35.5. The molecule has 7 atom stereocenters. The number of benzene rings is 2. The average Bonchev–Trinajstić information content (AvgIpc) is 3.84. The molecular weight excluding hydrogens is 676 g/mol. The van der Waals surface area contributed by atoms with Gasteiger partial charge in [0.1, 0.15) is 5.75 Å². The average molecular weight is 725 g/mol. The zero-order valence-corrected chi connectivity index (χ0v) is 30.8. The maximum absolute atomic E-state index is 14.3. The Labute approximate surface area is 302 Å². The summed E-state index contributed by atoms with van der Waals surface area (Å²) in [6, 6.07) is 11.1. The van der Waals surface area contributed by atoms with Crippen molar-refractivity contribution in [3.8, 4) is 5.75 Å². The molecule has 2 aliphatic heterocycles. The van der Waals surface area contributed by atoms with Crippen LogP contribution in [0.25, 0.3) is 0 Å². The number of amides is 3. The quantitative estimate of drug-likeness (QED) is 0.221. The molecule has 2 N–H and O–H groups in total. The molecule has 2 aromatic rings. The molecule has 7 rings (SSSR count). The molecule has 2 fully saturated rings. The first-order chi connectivity index (χ1) is 24.2. The number of halogens is 1. The molecule has 2 bridgehead atoms. The van der Waals surface area contributed by atoms with E-state index in [1.165, 1.54) is 11.1 Å². The number of nitrogens with zero attached hydrogens (tertiary/aromatic N) is 2. The van der Waals surface area contributed by atoms with Gasteiger partial charge in [0.15, 0.2) is 0 Å². The van der Waals surface area contributed by atoms with Crippen molar-refractivity contribution in [2.24, 2.45) is 23.7 Å². The topological polar surface area (TPSA) is 109 Å². The molecule has 1 unspecified atom stereocenters. The van der Waals surface area contributed by atoms with E-state index in [2.05, 4.69) is 39.9 Å². The lowest BCUT2D eigenvalue weighted by Gasteiger charge is -2.46. The number of carbonyl (C=O) groups is 2. The lowest BCUT2D eigenvalue weighted by molar-refractivity contribution is -0.452. The third kappa shape index (κ3) is 7.29. The highest BCUT2D eigenvalue weighted by Gasteiger charge is 2.45. The van der Waals surface area contributed by atoms with Crippen molar-refractivity contribution in [2.75, 3.05) is 51.2 Å². The van der Waals surface area contributed by atoms with Gasteiger partial charge in [-0.05, 0) is 104 Å². The number of aryl methyl sites for hydroxylation is 1. The number of rotatable bonds is 5. The van der Waals surface area contributed by atoms with Crippen LogP contribution in [0.2, 0.25) is 5.02 Å². The number of hydrazine groups is 1. The third-order valence-electron chi connectivity index (χ3n) is 11.4. The Kier molecular flexibility index (Phi) is 10.5. The number of methoxy groups -OCH3 is 2. The number of hydrogen-bond donors (Lipinski definition) is 2. The van der Waals surface area contributed by atoms with Gasteiger partial charge in [-0.3, -0.25) is 0 Å². The predicted octanol–water partition coefficient (Wildman–Crippen LogP) is 6.00. The second-order valence-electron chi connectivity index (χ2n) is 15.0. The Morgan fingerprint density at radius 2 is 2.06 bits per heavy atom. The minimum absolute atomic E-state index is 0.00950. The Hall–Kier alpha value is -3.12. The van der Waals surface area contributed by atoms with Crippen LogP contribution in [0.1, 0.15) is 66.9 Å². The fourth-order valence-corrected chi connectivity index (χ4v) is 9.88. The van der Waals surface area contributed by atoms with Crippen molar-refractivity contribution in [2.45, 2.75) is 69.4 Å². The number of allylic oxidation sites excluding steroid dienone is 1. The van der Waals surface area contributed by atoms with Crippen LogP contribution in [0.3, 0.4) is 0 Å². The normalized spacial score (nSPS) is 33.6. The van der Waals surface area contributed by atoms with Crippen LogP contribution in [-0.4, -0.2) is 74.4 Å². The first-order valence-corrected chi connectivity index (χ1v) is 19.6. The molecule has 10 nitrogen and oxygen atoms in total. The molecular formula is C38H49ClN4O6S. The van der Waals surface area contributed by atoms with Crippen molar-refractivity contribution in [1.29, 1.82) is 0 Å². The summed E-state index contributed by atoms with van der Waals surface area (Å²) in [5.41, 5.74) is 6.11. The predicted molar refractivity (Wildman–Crippen MR) is 193 cm³/mol. The fourth-order valence-electron chi connectivity index (χ4n) is 8.44. The Balaban J connectivity index is 1.27. The maximum Gasteiger partial charge on any atom is 0.427 e. The summed E-state index contributed by atoms with van der Waals surface area (Å²) in [5, 5.41) is 3.65. The van der Waals surface area contributed by atoms with E-state index in [9.17, 15) is 13.8 Å². The third-order valence-corrected chi connectivity index (χ3v) is 13.2. The summed E-state index contributed by atoms with van der Waals surface area (Å²) >= 11 is 6.46. The van der Waals surface area contributed by atoms with E-state index < -0.39 is 22.5 Å². The van der Waals surface area contributed by atoms with Gasteiger partial charge in [0, 0.05) is 60.3 Å². The van der Waals surface area contributed by atoms with Gasteiger partial charge in [0.2, 0.25) is 0 Å². The van der Waals surface area contributed by atoms with E-state index in [-0.39, 0.29) is 35.1 Å². The maximum atomic E-state index is 14.3. The van der Waals surface area contributed by atoms with Crippen molar-refractivity contribution in [1.82, 2.24) is 10.7 Å². The van der Waals surface area contributed by atoms with Crippen LogP contribution in [0.15, 0.2) is 48.6 Å². The summed E-state index contributed by atoms with van der Waals surface area (Å²) < 4.78 is 32.9. The highest BCUT2D eigenvalue weighted by molar-refractivity contribution is 7.72. The smallest absolute Gasteiger partial charge is 0.427 e. The number of fused-ring (bicyclic) bond motifs is 4. The first-order valence-electron chi connectivity index (χ1n) is 18.0. The number of urea groups is 1. The Morgan fingerprint density at radius 1 is 1.20 bits per heavy atom. The molecule has 0 aromatic heterocycles. The van der Waals surface area contributed by atoms with Gasteiger partial charge in [-0.25, -0.2) is 9.59 Å². The molecule has 2 heterocycles. The van der Waals surface area contributed by atoms with Crippen LogP contribution in [0.5, 0.6) is 5.75 Å². The number of hydrogen-bond acceptors (Lipinski definition) is 8. The standard InChI is InChI=1S/C38H49ClN4O6S/c1-24-6-4-8-34(48-3)30-12-9-27(30)19-42-22-38(15-5-7-25-16-29(39)11-13-31(25)38)23-49-35-14-10-26(18-33(35)42)36(44)43(50(46)21-24)41-37(45)40-32-17-28(32)20-47-2/h4,8,10-11,13-14,16,18,24,27-28,30,32,34H,5-7,9,12,15,17,19-23H2,1-3H3,(H2,40,41,45)/b8-4+/t24-,27-,28?,30+,32-,34-,38-/m0/s1. The van der Waals surface area contributed by atoms with E-state index >= 15 is 0 Å². The van der Waals surface area contributed by atoms with Gasteiger partial charge in [-0.1, -0.05) is 42.7 Å². The van der Waals surface area contributed by atoms with Crippen LogP contribution in [-0.2, 0) is 36.1 Å². The highest BCUT2D eigenvalue weighted by Crippen LogP contribution is 2.47. The van der Waals surface area contributed by atoms with E-state index in [4.69, 9.17) is 25.8 Å². The number of carbonyl (C=O) groups excluding carboxylic acids is 2. The first kappa shape index (κ1) is 35.3. The molecule has 2 aromatic carbocycles. The van der Waals surface area contributed by atoms with Gasteiger partial charge in [-0.15, -0.1) is 9.48 Å². The van der Waals surface area contributed by atoms with Crippen molar-refractivity contribution in [3.05, 3.63) is 70.3 Å². The fraction of sp³-hybridized carbons (Fsp3) is 0.579. The molecule has 270 valence electrons. The van der Waals surface area contributed by atoms with E-state index in [1.54, 1.807) is 20.3 Å². The Morgan fingerprint density at radius 3 is 2.84 bits per heavy atom. The molecule has 2 saturated carbocycles. The lowest BCUT2D eigenvalue weighted by Crippen LogP contribution is -2.49. The van der Waals surface area contributed by atoms with Crippen LogP contribution in [0, 0.1) is 23.7 Å². The zero-order chi connectivity index (χ0) is 35.0. The van der Waals surface area contributed by atoms with Crippen LogP contribution >= 0.6 is 11.6 Å². The van der Waals surface area contributed by atoms with Gasteiger partial charge >= 0.3 is 11.9 Å². The number of anilines is 1. The van der Waals surface area contributed by atoms with E-state index in [0.29, 0.717) is 42.8 Å². The van der Waals surface area contributed by atoms with Crippen LogP contribution in [0.4, 0.5) is 10.5 Å². The summed E-state index contributed by atoms with van der Waals surface area (Å²) in [4.78, 5) is 29.9. The summed E-state index contributed by atoms with van der Waals surface area (Å²) in [6.07, 6.45) is 10.9. The van der Waals surface area contributed by atoms with Crippen molar-refractivity contribution in [3.63, 3.8) is 0 Å². The van der Waals surface area contributed by atoms with Crippen molar-refractivity contribution < 1.29 is 32.1 Å². The van der Waals surface area contributed by atoms with Gasteiger partial charge in [0.05, 0.1) is 30.6 Å². The van der Waals surface area contributed by atoms with Gasteiger partial charge < -0.3 is 28.6 Å². The minimum Gasteiger partial charge on any atom is -0.490 e. The number of nitrogens with one attached hydrogen (secondary N) is 2. The van der Waals surface area contributed by atoms with E-state index in [0.717, 1.165) is 66.4 Å².